The van der Waals surface area contributed by atoms with E-state index in [0.29, 0.717) is 0 Å². The Morgan fingerprint density at radius 2 is 2.00 bits per heavy atom. The summed E-state index contributed by atoms with van der Waals surface area (Å²) in [6.45, 7) is 0.193. The minimum Gasteiger partial charge on any atom is -0.458 e. The second-order valence-electron chi connectivity index (χ2n) is 1.57. The fourth-order valence-corrected chi connectivity index (χ4v) is 0.804. The van der Waals surface area contributed by atoms with Gasteiger partial charge in [-0.25, -0.2) is 4.79 Å². The molecule has 0 heterocycles. The third kappa shape index (κ3) is 6.22. The van der Waals surface area contributed by atoms with E-state index in [9.17, 15) is 4.79 Å². The lowest BCUT2D eigenvalue weighted by molar-refractivity contribution is -0.140. The average Bonchev–Trinajstić information content (AvgIpc) is 1.98. The Bertz CT molecular complexity index is 204. The van der Waals surface area contributed by atoms with Crippen molar-refractivity contribution in [3.63, 3.8) is 0 Å². The smallest absolute Gasteiger partial charge is 0.339 e. The molecule has 0 rings (SSSR count). The van der Waals surface area contributed by atoms with Crippen molar-refractivity contribution in [2.75, 3.05) is 6.61 Å². The topological polar surface area (TPSA) is 26.3 Å². The first-order valence-electron chi connectivity index (χ1n) is 2.59. The molecule has 0 fully saturated rings. The molecule has 0 aromatic heterocycles. The van der Waals surface area contributed by atoms with Crippen molar-refractivity contribution in [2.45, 2.75) is 4.84 Å². The molecule has 0 unspecified atom stereocenters. The lowest BCUT2D eigenvalue weighted by Gasteiger charge is -2.03. The van der Waals surface area contributed by atoms with Gasteiger partial charge in [0.15, 0.2) is 0 Å². The Kier molecular flexibility index (Phi) is 8.10. The molecule has 0 aliphatic carbocycles. The van der Waals surface area contributed by atoms with E-state index in [1.54, 1.807) is 0 Å². The largest absolute Gasteiger partial charge is 0.458 e. The van der Waals surface area contributed by atoms with Gasteiger partial charge in [0, 0.05) is 3.58 Å². The van der Waals surface area contributed by atoms with Crippen LogP contribution in [0.3, 0.4) is 0 Å². The van der Waals surface area contributed by atoms with Crippen LogP contribution in [0.5, 0.6) is 0 Å². The zero-order valence-corrected chi connectivity index (χ0v) is 12.9. The number of alkyl halides is 2. The Balaban J connectivity index is 3.85. The van der Waals surface area contributed by atoms with Crippen LogP contribution in [0, 0.1) is 0 Å². The van der Waals surface area contributed by atoms with Crippen LogP contribution in [0.1, 0.15) is 0 Å². The lowest BCUT2D eigenvalue weighted by Crippen LogP contribution is -2.13. The van der Waals surface area contributed by atoms with Gasteiger partial charge >= 0.3 is 5.97 Å². The highest BCUT2D eigenvalue weighted by atomic mass is 127. The number of esters is 1. The molecule has 2 nitrogen and oxygen atoms in total. The highest BCUT2D eigenvalue weighted by Crippen LogP contribution is 2.24. The maximum Gasteiger partial charge on any atom is 0.339 e. The maximum absolute atomic E-state index is 10.7. The van der Waals surface area contributed by atoms with E-state index < -0.39 is 10.8 Å². The van der Waals surface area contributed by atoms with Crippen LogP contribution in [-0.2, 0) is 9.53 Å². The van der Waals surface area contributed by atoms with E-state index in [2.05, 4.69) is 61.1 Å². The molecule has 0 bridgehead atoms. The summed E-state index contributed by atoms with van der Waals surface area (Å²) in [5, 5.41) is 0. The number of rotatable bonds is 3. The Morgan fingerprint density at radius 3 is 2.33 bits per heavy atom. The van der Waals surface area contributed by atoms with Crippen LogP contribution >= 0.6 is 84.3 Å². The van der Waals surface area contributed by atoms with Crippen LogP contribution in [0.4, 0.5) is 0 Å². The van der Waals surface area contributed by atoms with Gasteiger partial charge in [-0.15, -0.1) is 0 Å². The van der Waals surface area contributed by atoms with E-state index in [1.807, 2.05) is 0 Å². The van der Waals surface area contributed by atoms with E-state index in [1.165, 1.54) is 0 Å². The number of carbonyl (C=O) groups is 1. The summed E-state index contributed by atoms with van der Waals surface area (Å²) in [6, 6.07) is 0. The van der Waals surface area contributed by atoms with Crippen LogP contribution in [0.25, 0.3) is 0 Å². The zero-order valence-electron chi connectivity index (χ0n) is 5.49. The number of halogens is 5. The van der Waals surface area contributed by atoms with Gasteiger partial charge in [-0.3, -0.25) is 0 Å². The summed E-state index contributed by atoms with van der Waals surface area (Å²) in [5.41, 5.74) is 0. The normalized spacial score (nSPS) is 12.8. The van der Waals surface area contributed by atoms with Gasteiger partial charge in [-0.2, -0.15) is 0 Å². The van der Waals surface area contributed by atoms with E-state index >= 15 is 0 Å². The Morgan fingerprint density at radius 1 is 1.50 bits per heavy atom. The summed E-state index contributed by atoms with van der Waals surface area (Å²) in [6.07, 6.45) is 0. The third-order valence-corrected chi connectivity index (χ3v) is 4.83. The predicted octanol–water partition coefficient (Wildman–Crippen LogP) is 3.77. The van der Waals surface area contributed by atoms with Crippen molar-refractivity contribution in [1.82, 2.24) is 0 Å². The minimum absolute atomic E-state index is 0.193. The molecule has 0 atom stereocenters. The molecular weight excluding hydrogens is 497 g/mol. The Labute approximate surface area is 116 Å². The fourth-order valence-electron chi connectivity index (χ4n) is 0.252. The number of carbonyl (C=O) groups excluding carboxylic acids is 1. The van der Waals surface area contributed by atoms with Gasteiger partial charge in [-0.05, 0) is 61.1 Å². The monoisotopic (exact) mass is 498 g/mol. The Hall–Kier alpha value is 1.73. The first-order chi connectivity index (χ1) is 5.45. The van der Waals surface area contributed by atoms with Crippen LogP contribution in [0.2, 0.25) is 0 Å². The summed E-state index contributed by atoms with van der Waals surface area (Å²) >= 11 is 17.8. The summed E-state index contributed by atoms with van der Waals surface area (Å²) in [5.74, 6) is -0.627. The first-order valence-corrected chi connectivity index (χ1v) is 6.42. The second kappa shape index (κ2) is 7.08. The van der Waals surface area contributed by atoms with Crippen molar-refractivity contribution in [3.8, 4) is 0 Å². The molecule has 0 aromatic rings. The maximum atomic E-state index is 10.7. The summed E-state index contributed by atoms with van der Waals surface area (Å²) in [7, 11) is 0. The minimum atomic E-state index is -1.11. The molecule has 12 heavy (non-hydrogen) atoms. The summed E-state index contributed by atoms with van der Waals surface area (Å²) < 4.78 is 6.51. The second-order valence-corrected chi connectivity index (χ2v) is 7.33. The molecule has 0 aliphatic heterocycles. The van der Waals surface area contributed by atoms with E-state index in [-0.39, 0.29) is 6.61 Å². The summed E-state index contributed by atoms with van der Waals surface area (Å²) in [4.78, 5) is 9.63. The molecule has 7 heteroatoms. The van der Waals surface area contributed by atoms with Gasteiger partial charge in [-0.1, -0.05) is 23.2 Å². The molecule has 0 amide bonds. The van der Waals surface area contributed by atoms with Crippen LogP contribution in [-0.4, -0.2) is 17.4 Å². The molecule has 0 radical (unpaired) electrons. The predicted molar refractivity (Wildman–Crippen MR) is 70.4 cm³/mol. The highest BCUT2D eigenvalue weighted by Gasteiger charge is 2.13. The van der Waals surface area contributed by atoms with Gasteiger partial charge in [0.05, 0.1) is 2.49 Å². The average molecular weight is 500 g/mol. The molecule has 0 aromatic carbocycles. The standard InChI is InChI=1S/C5H3BrCl2I2O2/c6-3(10)2(9)1-12-5(11)4(7)8/h4H,1H2. The number of ether oxygens (including phenoxy) is 1. The highest BCUT2D eigenvalue weighted by molar-refractivity contribution is 14.1. The van der Waals surface area contributed by atoms with E-state index in [4.69, 9.17) is 27.9 Å². The quantitative estimate of drug-likeness (QED) is 0.336. The SMILES string of the molecule is O=C(OCC(I)=C(Br)I)C(Cl)Cl. The van der Waals surface area contributed by atoms with Crippen molar-refractivity contribution in [1.29, 1.82) is 0 Å². The molecule has 70 valence electrons. The number of hydrogen-bond acceptors (Lipinski definition) is 2. The molecule has 0 aliphatic rings. The lowest BCUT2D eigenvalue weighted by atomic mass is 10.7. The molecule has 0 spiro atoms. The van der Waals surface area contributed by atoms with Crippen molar-refractivity contribution >= 4 is 90.3 Å². The fraction of sp³-hybridized carbons (Fsp3) is 0.400. The third-order valence-electron chi connectivity index (χ3n) is 0.724. The first kappa shape index (κ1) is 13.7. The van der Waals surface area contributed by atoms with Crippen LogP contribution in [0.15, 0.2) is 6.07 Å². The van der Waals surface area contributed by atoms with Gasteiger partial charge in [0.2, 0.25) is 4.84 Å². The van der Waals surface area contributed by atoms with Crippen molar-refractivity contribution in [3.05, 3.63) is 6.07 Å². The van der Waals surface area contributed by atoms with Crippen molar-refractivity contribution < 1.29 is 9.53 Å². The van der Waals surface area contributed by atoms with Crippen molar-refractivity contribution in [2.24, 2.45) is 0 Å². The van der Waals surface area contributed by atoms with Gasteiger partial charge in [0.1, 0.15) is 6.61 Å². The molecule has 0 saturated carbocycles. The zero-order chi connectivity index (χ0) is 9.72. The van der Waals surface area contributed by atoms with Gasteiger partial charge in [0.25, 0.3) is 0 Å². The molecule has 0 N–H and O–H groups in total. The molecular formula is C5H3BrCl2I2O2. The van der Waals surface area contributed by atoms with E-state index in [0.717, 1.165) is 6.07 Å². The molecule has 0 saturated heterocycles. The number of hydrogen-bond donors (Lipinski definition) is 0. The van der Waals surface area contributed by atoms with Gasteiger partial charge < -0.3 is 4.74 Å². The van der Waals surface area contributed by atoms with Crippen LogP contribution < -0.4 is 0 Å².